The zero-order chi connectivity index (χ0) is 15.3. The highest BCUT2D eigenvalue weighted by Gasteiger charge is 2.22. The fraction of sp³-hybridized carbons (Fsp3) is 0.538. The minimum absolute atomic E-state index is 0.0151. The first-order valence-corrected chi connectivity index (χ1v) is 8.69. The highest BCUT2D eigenvalue weighted by atomic mass is 35.5. The second kappa shape index (κ2) is 7.61. The topological polar surface area (TPSA) is 66.4 Å². The first-order valence-electron chi connectivity index (χ1n) is 6.45. The van der Waals surface area contributed by atoms with E-state index in [2.05, 4.69) is 4.72 Å². The van der Waals surface area contributed by atoms with Gasteiger partial charge >= 0.3 is 0 Å². The van der Waals surface area contributed by atoms with Crippen LogP contribution in [-0.4, -0.2) is 26.2 Å². The molecule has 0 spiro atoms. The first kappa shape index (κ1) is 17.7. The van der Waals surface area contributed by atoms with Crippen molar-refractivity contribution in [3.8, 4) is 0 Å². The second-order valence-electron chi connectivity index (χ2n) is 4.55. The summed E-state index contributed by atoms with van der Waals surface area (Å²) in [6.07, 6.45) is 0.854. The van der Waals surface area contributed by atoms with Gasteiger partial charge in [0.25, 0.3) is 0 Å². The first-order chi connectivity index (χ1) is 9.33. The van der Waals surface area contributed by atoms with Gasteiger partial charge in [-0.3, -0.25) is 0 Å². The van der Waals surface area contributed by atoms with E-state index in [0.29, 0.717) is 0 Å². The normalized spacial score (nSPS) is 13.7. The summed E-state index contributed by atoms with van der Waals surface area (Å²) in [5.74, 6) is 0.0625. The van der Waals surface area contributed by atoms with E-state index in [1.54, 1.807) is 0 Å². The Morgan fingerprint density at radius 3 is 2.40 bits per heavy atom. The number of hydrogen-bond acceptors (Lipinski definition) is 3. The van der Waals surface area contributed by atoms with Crippen molar-refractivity contribution in [2.45, 2.75) is 37.7 Å². The van der Waals surface area contributed by atoms with Gasteiger partial charge in [-0.15, -0.1) is 0 Å². The van der Waals surface area contributed by atoms with Gasteiger partial charge in [-0.25, -0.2) is 13.1 Å². The minimum Gasteiger partial charge on any atom is -0.391 e. The highest BCUT2D eigenvalue weighted by Crippen LogP contribution is 2.28. The quantitative estimate of drug-likeness (QED) is 0.802. The van der Waals surface area contributed by atoms with Gasteiger partial charge in [-0.05, 0) is 18.1 Å². The molecule has 0 fully saturated rings. The molecule has 0 radical (unpaired) electrons. The van der Waals surface area contributed by atoms with Crippen molar-refractivity contribution in [3.63, 3.8) is 0 Å². The summed E-state index contributed by atoms with van der Waals surface area (Å²) in [6, 6.07) is 4.40. The third kappa shape index (κ3) is 4.33. The molecule has 1 unspecified atom stereocenters. The van der Waals surface area contributed by atoms with Gasteiger partial charge in [0.2, 0.25) is 10.0 Å². The van der Waals surface area contributed by atoms with Crippen LogP contribution in [0.3, 0.4) is 0 Å². The molecule has 20 heavy (non-hydrogen) atoms. The Labute approximate surface area is 130 Å². The second-order valence-corrected chi connectivity index (χ2v) is 7.07. The summed E-state index contributed by atoms with van der Waals surface area (Å²) in [7, 11) is -3.78. The number of halogens is 2. The number of aliphatic hydroxyl groups excluding tert-OH is 1. The molecule has 0 aliphatic carbocycles. The lowest BCUT2D eigenvalue weighted by atomic mass is 9.97. The minimum atomic E-state index is -3.78. The van der Waals surface area contributed by atoms with Gasteiger partial charge in [-0.1, -0.05) is 56.0 Å². The zero-order valence-corrected chi connectivity index (χ0v) is 13.8. The Balaban J connectivity index is 2.83. The SMILES string of the molecule is CCC(CC)C(O)CNS(=O)(=O)c1cccc(Cl)c1Cl. The molecule has 114 valence electrons. The molecule has 1 aromatic carbocycles. The van der Waals surface area contributed by atoms with Crippen LogP contribution in [-0.2, 0) is 10.0 Å². The van der Waals surface area contributed by atoms with Gasteiger partial charge in [0.05, 0.1) is 16.1 Å². The van der Waals surface area contributed by atoms with Crippen molar-refractivity contribution in [3.05, 3.63) is 28.2 Å². The number of rotatable bonds is 7. The average Bonchev–Trinajstić information content (AvgIpc) is 2.41. The Bertz CT molecular complexity index is 545. The molecule has 0 aliphatic heterocycles. The summed E-state index contributed by atoms with van der Waals surface area (Å²) < 4.78 is 26.7. The molecule has 1 rings (SSSR count). The summed E-state index contributed by atoms with van der Waals surface area (Å²) in [5, 5.41) is 10.1. The van der Waals surface area contributed by atoms with Crippen molar-refractivity contribution in [2.24, 2.45) is 5.92 Å². The molecule has 0 bridgehead atoms. The molecule has 0 saturated heterocycles. The molecule has 0 aromatic heterocycles. The third-order valence-electron chi connectivity index (χ3n) is 3.28. The average molecular weight is 340 g/mol. The lowest BCUT2D eigenvalue weighted by molar-refractivity contribution is 0.107. The molecular weight excluding hydrogens is 321 g/mol. The van der Waals surface area contributed by atoms with Crippen LogP contribution in [0.2, 0.25) is 10.0 Å². The van der Waals surface area contributed by atoms with Crippen LogP contribution in [0.5, 0.6) is 0 Å². The van der Waals surface area contributed by atoms with Crippen molar-refractivity contribution in [1.29, 1.82) is 0 Å². The maximum Gasteiger partial charge on any atom is 0.242 e. The molecule has 1 atom stereocenters. The molecule has 2 N–H and O–H groups in total. The van der Waals surface area contributed by atoms with Crippen LogP contribution in [0, 0.1) is 5.92 Å². The summed E-state index contributed by atoms with van der Waals surface area (Å²) in [6.45, 7) is 3.87. The van der Waals surface area contributed by atoms with E-state index in [4.69, 9.17) is 23.2 Å². The fourth-order valence-electron chi connectivity index (χ4n) is 1.96. The molecule has 1 aromatic rings. The van der Waals surface area contributed by atoms with E-state index < -0.39 is 16.1 Å². The molecule has 0 saturated carbocycles. The van der Waals surface area contributed by atoms with Gasteiger partial charge in [0.1, 0.15) is 4.90 Å². The maximum absolute atomic E-state index is 12.1. The number of hydrogen-bond donors (Lipinski definition) is 2. The monoisotopic (exact) mass is 339 g/mol. The highest BCUT2D eigenvalue weighted by molar-refractivity contribution is 7.89. The molecule has 7 heteroatoms. The van der Waals surface area contributed by atoms with Gasteiger partial charge in [0.15, 0.2) is 0 Å². The summed E-state index contributed by atoms with van der Waals surface area (Å²) >= 11 is 11.7. The van der Waals surface area contributed by atoms with E-state index >= 15 is 0 Å². The Morgan fingerprint density at radius 1 is 1.25 bits per heavy atom. The zero-order valence-electron chi connectivity index (χ0n) is 11.4. The van der Waals surface area contributed by atoms with Crippen LogP contribution < -0.4 is 4.72 Å². The smallest absolute Gasteiger partial charge is 0.242 e. The van der Waals surface area contributed by atoms with E-state index in [1.807, 2.05) is 13.8 Å². The molecular formula is C13H19Cl2NO3S. The van der Waals surface area contributed by atoms with Crippen molar-refractivity contribution < 1.29 is 13.5 Å². The van der Waals surface area contributed by atoms with Crippen LogP contribution >= 0.6 is 23.2 Å². The number of nitrogens with one attached hydrogen (secondary N) is 1. The maximum atomic E-state index is 12.1. The lowest BCUT2D eigenvalue weighted by Crippen LogP contribution is -2.36. The standard InChI is InChI=1S/C13H19Cl2NO3S/c1-3-9(4-2)11(17)8-16-20(18,19)12-7-5-6-10(14)13(12)15/h5-7,9,11,16-17H,3-4,8H2,1-2H3. The Hall–Kier alpha value is -0.330. The predicted octanol–water partition coefficient (Wildman–Crippen LogP) is 3.07. The lowest BCUT2D eigenvalue weighted by Gasteiger charge is -2.20. The van der Waals surface area contributed by atoms with E-state index in [0.717, 1.165) is 12.8 Å². The molecule has 0 aliphatic rings. The van der Waals surface area contributed by atoms with Crippen LogP contribution in [0.15, 0.2) is 23.1 Å². The van der Waals surface area contributed by atoms with Crippen molar-refractivity contribution in [2.75, 3.05) is 6.54 Å². The van der Waals surface area contributed by atoms with Gasteiger partial charge in [0, 0.05) is 6.54 Å². The number of aliphatic hydroxyl groups is 1. The van der Waals surface area contributed by atoms with Crippen molar-refractivity contribution >= 4 is 33.2 Å². The largest absolute Gasteiger partial charge is 0.391 e. The molecule has 0 amide bonds. The fourth-order valence-corrected chi connectivity index (χ4v) is 3.77. The van der Waals surface area contributed by atoms with Crippen LogP contribution in [0.1, 0.15) is 26.7 Å². The van der Waals surface area contributed by atoms with E-state index in [1.165, 1.54) is 18.2 Å². The number of benzene rings is 1. The summed E-state index contributed by atoms with van der Waals surface area (Å²) in [4.78, 5) is -0.0802. The predicted molar refractivity (Wildman–Crippen MR) is 81.7 cm³/mol. The van der Waals surface area contributed by atoms with E-state index in [-0.39, 0.29) is 27.4 Å². The Kier molecular flexibility index (Phi) is 6.75. The van der Waals surface area contributed by atoms with Crippen LogP contribution in [0.4, 0.5) is 0 Å². The number of sulfonamides is 1. The van der Waals surface area contributed by atoms with Crippen LogP contribution in [0.25, 0.3) is 0 Å². The molecule has 0 heterocycles. The third-order valence-corrected chi connectivity index (χ3v) is 5.68. The van der Waals surface area contributed by atoms with Gasteiger partial charge < -0.3 is 5.11 Å². The van der Waals surface area contributed by atoms with Gasteiger partial charge in [-0.2, -0.15) is 0 Å². The van der Waals surface area contributed by atoms with E-state index in [9.17, 15) is 13.5 Å². The molecule has 4 nitrogen and oxygen atoms in total. The summed E-state index contributed by atoms with van der Waals surface area (Å²) in [5.41, 5.74) is 0. The Morgan fingerprint density at radius 2 is 1.85 bits per heavy atom. The van der Waals surface area contributed by atoms with Crippen molar-refractivity contribution in [1.82, 2.24) is 4.72 Å².